The Labute approximate surface area is 178 Å². The maximum Gasteiger partial charge on any atom is 0.0518 e. The lowest BCUT2D eigenvalue weighted by Gasteiger charge is -2.42. The van der Waals surface area contributed by atoms with Crippen molar-refractivity contribution in [3.63, 3.8) is 0 Å². The van der Waals surface area contributed by atoms with Crippen LogP contribution in [0.15, 0.2) is 54.6 Å². The number of aromatic nitrogens is 1. The summed E-state index contributed by atoms with van der Waals surface area (Å²) in [6.45, 7) is 3.25. The summed E-state index contributed by atoms with van der Waals surface area (Å²) < 4.78 is 2.56. The molecule has 1 saturated heterocycles. The minimum absolute atomic E-state index is 0. The predicted molar refractivity (Wildman–Crippen MR) is 121 cm³/mol. The summed E-state index contributed by atoms with van der Waals surface area (Å²) in [5.41, 5.74) is 12.2. The number of hydrogen-bond donors (Lipinski definition) is 1. The van der Waals surface area contributed by atoms with Gasteiger partial charge in [0.2, 0.25) is 0 Å². The minimum Gasteiger partial charge on any atom is -0.412 e. The van der Waals surface area contributed by atoms with Gasteiger partial charge in [0.15, 0.2) is 0 Å². The van der Waals surface area contributed by atoms with Gasteiger partial charge < -0.3 is 15.8 Å². The quantitative estimate of drug-likeness (QED) is 0.684. The van der Waals surface area contributed by atoms with E-state index in [1.807, 2.05) is 0 Å². The van der Waals surface area contributed by atoms with Crippen molar-refractivity contribution in [1.29, 1.82) is 0 Å². The van der Waals surface area contributed by atoms with E-state index in [1.165, 1.54) is 28.7 Å². The summed E-state index contributed by atoms with van der Waals surface area (Å²) in [5.74, 6) is 0. The van der Waals surface area contributed by atoms with E-state index >= 15 is 0 Å². The lowest BCUT2D eigenvalue weighted by atomic mass is 9.88. The van der Waals surface area contributed by atoms with E-state index in [1.54, 1.807) is 5.56 Å². The maximum absolute atomic E-state index is 6.36. The topological polar surface area (TPSA) is 65.7 Å². The molecule has 0 radical (unpaired) electrons. The zero-order valence-electron chi connectivity index (χ0n) is 15.9. The average molecular weight is 422 g/mol. The van der Waals surface area contributed by atoms with Gasteiger partial charge in [0.1, 0.15) is 0 Å². The first-order chi connectivity index (χ1) is 12.3. The van der Waals surface area contributed by atoms with Gasteiger partial charge in [0.25, 0.3) is 0 Å². The third-order valence-corrected chi connectivity index (χ3v) is 6.02. The number of fused-ring (bicyclic) bond motifs is 5. The molecule has 0 amide bonds. The SMILES string of the molecule is Cl.Cl.NC1CCN2CCc3c(n(Cc4ccccc4)c4ccccc34)C2C1.O. The van der Waals surface area contributed by atoms with Crippen LogP contribution in [0.4, 0.5) is 0 Å². The number of hydrogen-bond acceptors (Lipinski definition) is 2. The molecule has 4 N–H and O–H groups in total. The molecule has 0 saturated carbocycles. The first-order valence-electron chi connectivity index (χ1n) is 9.45. The monoisotopic (exact) mass is 421 g/mol. The summed E-state index contributed by atoms with van der Waals surface area (Å²) in [4.78, 5) is 2.66. The van der Waals surface area contributed by atoms with Crippen LogP contribution in [0.2, 0.25) is 0 Å². The Morgan fingerprint density at radius 3 is 2.43 bits per heavy atom. The van der Waals surface area contributed by atoms with Gasteiger partial charge >= 0.3 is 0 Å². The number of nitrogens with zero attached hydrogens (tertiary/aromatic N) is 2. The third-order valence-electron chi connectivity index (χ3n) is 6.02. The van der Waals surface area contributed by atoms with Crippen LogP contribution in [0.25, 0.3) is 10.9 Å². The van der Waals surface area contributed by atoms with E-state index in [-0.39, 0.29) is 30.3 Å². The highest BCUT2D eigenvalue weighted by molar-refractivity contribution is 5.86. The van der Waals surface area contributed by atoms with Crippen LogP contribution in [-0.4, -0.2) is 34.1 Å². The fourth-order valence-electron chi connectivity index (χ4n) is 4.82. The zero-order chi connectivity index (χ0) is 16.8. The second-order valence-corrected chi connectivity index (χ2v) is 7.54. The van der Waals surface area contributed by atoms with Gasteiger partial charge in [-0.2, -0.15) is 0 Å². The van der Waals surface area contributed by atoms with E-state index < -0.39 is 0 Å². The molecule has 2 aliphatic rings. The van der Waals surface area contributed by atoms with Crippen LogP contribution in [0.5, 0.6) is 0 Å². The highest BCUT2D eigenvalue weighted by Crippen LogP contribution is 2.41. The Morgan fingerprint density at radius 2 is 1.64 bits per heavy atom. The molecule has 0 aliphatic carbocycles. The highest BCUT2D eigenvalue weighted by atomic mass is 35.5. The van der Waals surface area contributed by atoms with E-state index in [2.05, 4.69) is 64.1 Å². The Balaban J connectivity index is 0.000000934. The van der Waals surface area contributed by atoms with Crippen molar-refractivity contribution in [3.05, 3.63) is 71.4 Å². The number of benzene rings is 2. The molecule has 2 aliphatic heterocycles. The van der Waals surface area contributed by atoms with E-state index in [0.717, 1.165) is 32.4 Å². The molecule has 0 bridgehead atoms. The number of nitrogens with two attached hydrogens (primary N) is 1. The van der Waals surface area contributed by atoms with Gasteiger partial charge in [-0.3, -0.25) is 4.90 Å². The van der Waals surface area contributed by atoms with Gasteiger partial charge in [-0.25, -0.2) is 0 Å². The molecular formula is C22H29Cl2N3O. The first kappa shape index (κ1) is 22.7. The number of halogens is 2. The molecule has 1 fully saturated rings. The van der Waals surface area contributed by atoms with Crippen LogP contribution >= 0.6 is 24.8 Å². The Bertz CT molecular complexity index is 913. The summed E-state index contributed by atoms with van der Waals surface area (Å²) >= 11 is 0. The van der Waals surface area contributed by atoms with E-state index in [0.29, 0.717) is 12.1 Å². The Morgan fingerprint density at radius 1 is 0.929 bits per heavy atom. The van der Waals surface area contributed by atoms with Gasteiger partial charge in [0, 0.05) is 42.3 Å². The number of piperidine rings is 1. The fraction of sp³-hybridized carbons (Fsp3) is 0.364. The molecule has 2 aromatic carbocycles. The molecule has 3 aromatic rings. The van der Waals surface area contributed by atoms with Crippen molar-refractivity contribution in [2.24, 2.45) is 5.73 Å². The molecule has 2 atom stereocenters. The normalized spacial score (nSPS) is 20.9. The van der Waals surface area contributed by atoms with Gasteiger partial charge in [0.05, 0.1) is 6.04 Å². The van der Waals surface area contributed by atoms with Gasteiger partial charge in [-0.05, 0) is 36.5 Å². The molecule has 28 heavy (non-hydrogen) atoms. The molecule has 152 valence electrons. The van der Waals surface area contributed by atoms with Crippen molar-refractivity contribution in [1.82, 2.24) is 9.47 Å². The molecule has 4 nitrogen and oxygen atoms in total. The summed E-state index contributed by atoms with van der Waals surface area (Å²) in [5, 5.41) is 1.44. The second kappa shape index (κ2) is 9.29. The Hall–Kier alpha value is -1.56. The molecule has 1 aromatic heterocycles. The third kappa shape index (κ3) is 3.80. The summed E-state index contributed by atoms with van der Waals surface area (Å²) in [7, 11) is 0. The van der Waals surface area contributed by atoms with Crippen LogP contribution in [-0.2, 0) is 13.0 Å². The number of para-hydroxylation sites is 1. The van der Waals surface area contributed by atoms with Crippen molar-refractivity contribution >= 4 is 35.7 Å². The molecule has 6 heteroatoms. The van der Waals surface area contributed by atoms with Gasteiger partial charge in [-0.15, -0.1) is 24.8 Å². The number of rotatable bonds is 2. The largest absolute Gasteiger partial charge is 0.412 e. The van der Waals surface area contributed by atoms with Crippen molar-refractivity contribution in [3.8, 4) is 0 Å². The molecule has 0 spiro atoms. The minimum atomic E-state index is 0. The van der Waals surface area contributed by atoms with Crippen molar-refractivity contribution in [2.75, 3.05) is 13.1 Å². The summed E-state index contributed by atoms with van der Waals surface area (Å²) in [6.07, 6.45) is 3.37. The standard InChI is InChI=1S/C22H25N3.2ClH.H2O/c23-17-10-12-24-13-11-19-18-8-4-5-9-20(18)25(22(19)21(24)14-17)15-16-6-2-1-3-7-16;;;/h1-9,17,21H,10-15,23H2;2*1H;1H2. The lowest BCUT2D eigenvalue weighted by molar-refractivity contribution is 0.121. The highest BCUT2D eigenvalue weighted by Gasteiger charge is 2.36. The molecule has 2 unspecified atom stereocenters. The van der Waals surface area contributed by atoms with Crippen molar-refractivity contribution < 1.29 is 5.48 Å². The molecular weight excluding hydrogens is 393 g/mol. The zero-order valence-corrected chi connectivity index (χ0v) is 17.5. The molecule has 5 rings (SSSR count). The molecule has 3 heterocycles. The average Bonchev–Trinajstić information content (AvgIpc) is 2.97. The summed E-state index contributed by atoms with van der Waals surface area (Å²) in [6, 6.07) is 20.6. The first-order valence-corrected chi connectivity index (χ1v) is 9.45. The van der Waals surface area contributed by atoms with Crippen LogP contribution < -0.4 is 5.73 Å². The maximum atomic E-state index is 6.36. The van der Waals surface area contributed by atoms with E-state index in [4.69, 9.17) is 5.73 Å². The second-order valence-electron chi connectivity index (χ2n) is 7.54. The van der Waals surface area contributed by atoms with Crippen LogP contribution in [0.1, 0.15) is 35.7 Å². The van der Waals surface area contributed by atoms with E-state index in [9.17, 15) is 0 Å². The van der Waals surface area contributed by atoms with Crippen LogP contribution in [0, 0.1) is 0 Å². The predicted octanol–water partition coefficient (Wildman–Crippen LogP) is 3.73. The van der Waals surface area contributed by atoms with Gasteiger partial charge in [-0.1, -0.05) is 48.5 Å². The van der Waals surface area contributed by atoms with Crippen LogP contribution in [0.3, 0.4) is 0 Å². The smallest absolute Gasteiger partial charge is 0.0518 e. The fourth-order valence-corrected chi connectivity index (χ4v) is 4.82. The van der Waals surface area contributed by atoms with Crippen molar-refractivity contribution in [2.45, 2.75) is 37.9 Å². The Kier molecular flexibility index (Phi) is 7.54. The lowest BCUT2D eigenvalue weighted by Crippen LogP contribution is -2.45.